The first-order valence-corrected chi connectivity index (χ1v) is 7.78. The zero-order valence-electron chi connectivity index (χ0n) is 14.1. The van der Waals surface area contributed by atoms with Gasteiger partial charge in [0.05, 0.1) is 0 Å². The maximum Gasteiger partial charge on any atom is 0.332 e. The summed E-state index contributed by atoms with van der Waals surface area (Å²) in [7, 11) is 0. The minimum absolute atomic E-state index is 0.370. The van der Waals surface area contributed by atoms with E-state index < -0.39 is 12.2 Å². The fourth-order valence-corrected chi connectivity index (χ4v) is 1.95. The molecule has 1 atom stereocenters. The number of nitrogens with zero attached hydrogens (tertiary/aromatic N) is 1. The van der Waals surface area contributed by atoms with E-state index in [1.165, 1.54) is 13.0 Å². The van der Waals surface area contributed by atoms with Crippen LogP contribution >= 0.6 is 0 Å². The Labute approximate surface area is 146 Å². The Bertz CT molecular complexity index is 764. The first-order valence-electron chi connectivity index (χ1n) is 7.78. The van der Waals surface area contributed by atoms with Crippen LogP contribution in [0.1, 0.15) is 25.0 Å². The van der Waals surface area contributed by atoms with Crippen LogP contribution in [0.2, 0.25) is 0 Å². The molecular weight excluding hydrogens is 318 g/mol. The third kappa shape index (κ3) is 6.83. The average molecular weight is 337 g/mol. The van der Waals surface area contributed by atoms with Crippen LogP contribution in [0.15, 0.2) is 65.7 Å². The van der Waals surface area contributed by atoms with Gasteiger partial charge in [-0.15, -0.1) is 0 Å². The van der Waals surface area contributed by atoms with E-state index in [0.29, 0.717) is 5.75 Å². The summed E-state index contributed by atoms with van der Waals surface area (Å²) < 4.78 is 10.1. The molecule has 0 amide bonds. The van der Waals surface area contributed by atoms with Crippen molar-refractivity contribution in [2.45, 2.75) is 20.1 Å². The lowest BCUT2D eigenvalue weighted by Crippen LogP contribution is -2.10. The van der Waals surface area contributed by atoms with Crippen molar-refractivity contribution in [2.75, 3.05) is 0 Å². The van der Waals surface area contributed by atoms with Gasteiger partial charge in [-0.05, 0) is 48.4 Å². The molecule has 5 heteroatoms. The summed E-state index contributed by atoms with van der Waals surface area (Å²) in [4.78, 5) is 26.8. The van der Waals surface area contributed by atoms with Gasteiger partial charge in [-0.1, -0.05) is 30.3 Å². The molecule has 0 N–H and O–H groups in total. The third-order valence-electron chi connectivity index (χ3n) is 3.07. The molecule has 0 bridgehead atoms. The Morgan fingerprint density at radius 1 is 1.00 bits per heavy atom. The van der Waals surface area contributed by atoms with Crippen LogP contribution < -0.4 is 4.74 Å². The van der Waals surface area contributed by atoms with E-state index in [0.717, 1.165) is 11.1 Å². The van der Waals surface area contributed by atoms with E-state index in [1.54, 1.807) is 43.5 Å². The Hall–Kier alpha value is -3.21. The summed E-state index contributed by atoms with van der Waals surface area (Å²) in [6.45, 7) is 3.02. The number of carbonyl (C=O) groups excluding carboxylic acids is 2. The molecule has 0 aliphatic rings. The zero-order valence-corrected chi connectivity index (χ0v) is 14.1. The van der Waals surface area contributed by atoms with Crippen molar-refractivity contribution >= 4 is 24.2 Å². The van der Waals surface area contributed by atoms with E-state index in [-0.39, 0.29) is 5.97 Å². The zero-order chi connectivity index (χ0) is 18.1. The number of esters is 2. The lowest BCUT2D eigenvalue weighted by Gasteiger charge is -2.06. The Morgan fingerprint density at radius 2 is 1.68 bits per heavy atom. The highest BCUT2D eigenvalue weighted by Gasteiger charge is 2.04. The largest absolute Gasteiger partial charge is 0.437 e. The lowest BCUT2D eigenvalue weighted by atomic mass is 10.2. The monoisotopic (exact) mass is 337 g/mol. The van der Waals surface area contributed by atoms with Crippen molar-refractivity contribution < 1.29 is 19.1 Å². The second-order valence-electron chi connectivity index (χ2n) is 5.22. The molecule has 128 valence electrons. The number of rotatable bonds is 6. The van der Waals surface area contributed by atoms with Crippen LogP contribution in [0.4, 0.5) is 0 Å². The SMILES string of the molecule is CC(=O)Oc1ccc(/C=N/C(C)OC(=O)/C=C/c2ccccc2)cc1. The number of aliphatic imine (C=N–C) groups is 1. The van der Waals surface area contributed by atoms with Gasteiger partial charge in [-0.3, -0.25) is 9.79 Å². The highest BCUT2D eigenvalue weighted by Crippen LogP contribution is 2.11. The summed E-state index contributed by atoms with van der Waals surface area (Å²) in [5.41, 5.74) is 1.72. The molecular formula is C20H19NO4. The lowest BCUT2D eigenvalue weighted by molar-refractivity contribution is -0.141. The van der Waals surface area contributed by atoms with Crippen molar-refractivity contribution in [1.82, 2.24) is 0 Å². The van der Waals surface area contributed by atoms with E-state index in [9.17, 15) is 9.59 Å². The first-order chi connectivity index (χ1) is 12.0. The Balaban J connectivity index is 1.85. The molecule has 0 saturated heterocycles. The van der Waals surface area contributed by atoms with Gasteiger partial charge >= 0.3 is 11.9 Å². The molecule has 1 unspecified atom stereocenters. The molecule has 0 radical (unpaired) electrons. The van der Waals surface area contributed by atoms with Gasteiger partial charge in [0.2, 0.25) is 0 Å². The fourth-order valence-electron chi connectivity index (χ4n) is 1.95. The van der Waals surface area contributed by atoms with Crippen LogP contribution in [0.25, 0.3) is 6.08 Å². The molecule has 0 aliphatic carbocycles. The normalized spacial score (nSPS) is 12.2. The fraction of sp³-hybridized carbons (Fsp3) is 0.150. The van der Waals surface area contributed by atoms with Gasteiger partial charge in [0.15, 0.2) is 6.23 Å². The van der Waals surface area contributed by atoms with Gasteiger partial charge in [0.1, 0.15) is 5.75 Å². The van der Waals surface area contributed by atoms with Crippen molar-refractivity contribution in [3.63, 3.8) is 0 Å². The van der Waals surface area contributed by atoms with E-state index in [4.69, 9.17) is 9.47 Å². The van der Waals surface area contributed by atoms with Crippen LogP contribution in [-0.4, -0.2) is 24.4 Å². The molecule has 0 aliphatic heterocycles. The highest BCUT2D eigenvalue weighted by molar-refractivity contribution is 5.87. The van der Waals surface area contributed by atoms with Crippen LogP contribution in [0.5, 0.6) is 5.75 Å². The second-order valence-corrected chi connectivity index (χ2v) is 5.22. The van der Waals surface area contributed by atoms with Crippen molar-refractivity contribution in [1.29, 1.82) is 0 Å². The molecule has 2 aromatic rings. The molecule has 5 nitrogen and oxygen atoms in total. The second kappa shape index (κ2) is 9.17. The smallest absolute Gasteiger partial charge is 0.332 e. The quantitative estimate of drug-likeness (QED) is 0.349. The standard InChI is InChI=1S/C20H19NO4/c1-15(24-20(23)13-10-17-6-4-3-5-7-17)21-14-18-8-11-19(12-9-18)25-16(2)22/h3-15H,1-2H3/b13-10+,21-14+. The van der Waals surface area contributed by atoms with E-state index in [2.05, 4.69) is 4.99 Å². The molecule has 25 heavy (non-hydrogen) atoms. The summed E-state index contributed by atoms with van der Waals surface area (Å²) in [6, 6.07) is 16.3. The molecule has 0 spiro atoms. The number of benzene rings is 2. The van der Waals surface area contributed by atoms with Gasteiger partial charge < -0.3 is 9.47 Å². The summed E-state index contributed by atoms with van der Waals surface area (Å²) in [6.07, 6.45) is 4.04. The van der Waals surface area contributed by atoms with Crippen molar-refractivity contribution in [2.24, 2.45) is 4.99 Å². The Morgan fingerprint density at radius 3 is 2.32 bits per heavy atom. The van der Waals surface area contributed by atoms with Gasteiger partial charge in [0.25, 0.3) is 0 Å². The van der Waals surface area contributed by atoms with Crippen molar-refractivity contribution in [3.05, 3.63) is 71.8 Å². The van der Waals surface area contributed by atoms with Gasteiger partial charge in [0, 0.05) is 19.2 Å². The number of hydrogen-bond acceptors (Lipinski definition) is 5. The summed E-state index contributed by atoms with van der Waals surface area (Å²) in [5, 5.41) is 0. The molecule has 0 fully saturated rings. The van der Waals surface area contributed by atoms with Crippen LogP contribution in [0.3, 0.4) is 0 Å². The Kier molecular flexibility index (Phi) is 6.65. The predicted octanol–water partition coefficient (Wildman–Crippen LogP) is 3.63. The highest BCUT2D eigenvalue weighted by atomic mass is 16.6. The maximum absolute atomic E-state index is 11.8. The van der Waals surface area contributed by atoms with Crippen molar-refractivity contribution in [3.8, 4) is 5.75 Å². The maximum atomic E-state index is 11.8. The average Bonchev–Trinajstić information content (AvgIpc) is 2.60. The number of hydrogen-bond donors (Lipinski definition) is 0. The van der Waals surface area contributed by atoms with Gasteiger partial charge in [-0.25, -0.2) is 4.79 Å². The molecule has 2 rings (SSSR count). The third-order valence-corrected chi connectivity index (χ3v) is 3.07. The van der Waals surface area contributed by atoms with E-state index >= 15 is 0 Å². The molecule has 0 saturated carbocycles. The number of carbonyl (C=O) groups is 2. The first kappa shape index (κ1) is 18.1. The van der Waals surface area contributed by atoms with Crippen LogP contribution in [0, 0.1) is 0 Å². The van der Waals surface area contributed by atoms with Crippen LogP contribution in [-0.2, 0) is 14.3 Å². The topological polar surface area (TPSA) is 65.0 Å². The minimum Gasteiger partial charge on any atom is -0.437 e. The molecule has 0 aromatic heterocycles. The predicted molar refractivity (Wildman–Crippen MR) is 96.4 cm³/mol. The van der Waals surface area contributed by atoms with Gasteiger partial charge in [-0.2, -0.15) is 0 Å². The summed E-state index contributed by atoms with van der Waals surface area (Å²) >= 11 is 0. The minimum atomic E-state index is -0.610. The molecule has 2 aromatic carbocycles. The summed E-state index contributed by atoms with van der Waals surface area (Å²) in [5.74, 6) is -0.362. The molecule has 0 heterocycles. The number of ether oxygens (including phenoxy) is 2. The van der Waals surface area contributed by atoms with E-state index in [1.807, 2.05) is 30.3 Å².